The van der Waals surface area contributed by atoms with Crippen LogP contribution in [-0.2, 0) is 17.8 Å². The fourth-order valence-corrected chi connectivity index (χ4v) is 2.90. The lowest BCUT2D eigenvalue weighted by Gasteiger charge is -2.27. The van der Waals surface area contributed by atoms with Gasteiger partial charge in [-0.25, -0.2) is 4.98 Å². The van der Waals surface area contributed by atoms with E-state index in [4.69, 9.17) is 9.72 Å². The molecular weight excluding hydrogens is 264 g/mol. The average Bonchev–Trinajstić information content (AvgIpc) is 2.83. The zero-order chi connectivity index (χ0) is 14.7. The van der Waals surface area contributed by atoms with Gasteiger partial charge in [-0.05, 0) is 24.6 Å². The van der Waals surface area contributed by atoms with E-state index in [9.17, 15) is 0 Å². The van der Waals surface area contributed by atoms with Crippen LogP contribution in [0.3, 0.4) is 0 Å². The Morgan fingerprint density at radius 1 is 1.29 bits per heavy atom. The maximum absolute atomic E-state index is 5.27. The van der Waals surface area contributed by atoms with Crippen LogP contribution in [0.25, 0.3) is 11.0 Å². The van der Waals surface area contributed by atoms with Crippen LogP contribution in [-0.4, -0.2) is 54.3 Å². The highest BCUT2D eigenvalue weighted by molar-refractivity contribution is 5.76. The molecule has 1 N–H and O–H groups in total. The number of rotatable bonds is 5. The van der Waals surface area contributed by atoms with Crippen LogP contribution in [0.2, 0.25) is 0 Å². The van der Waals surface area contributed by atoms with Gasteiger partial charge in [-0.1, -0.05) is 6.07 Å². The monoisotopic (exact) mass is 288 g/mol. The standard InChI is InChI=1S/C16H24N4O/c1-13-3-4-14-15(11-13)20(9-10-21-2)16(18-14)12-19-7-5-17-6-8-19/h3-4,11,17H,5-10,12H2,1-2H3. The molecule has 1 aliphatic heterocycles. The first kappa shape index (κ1) is 14.5. The predicted molar refractivity (Wildman–Crippen MR) is 84.5 cm³/mol. The predicted octanol–water partition coefficient (Wildman–Crippen LogP) is 1.40. The molecule has 0 bridgehead atoms. The van der Waals surface area contributed by atoms with Crippen LogP contribution in [0.15, 0.2) is 18.2 Å². The summed E-state index contributed by atoms with van der Waals surface area (Å²) in [6.07, 6.45) is 0. The van der Waals surface area contributed by atoms with Crippen molar-refractivity contribution in [1.29, 1.82) is 0 Å². The van der Waals surface area contributed by atoms with E-state index in [2.05, 4.69) is 39.9 Å². The number of hydrogen-bond acceptors (Lipinski definition) is 4. The van der Waals surface area contributed by atoms with Gasteiger partial charge in [0.15, 0.2) is 0 Å². The van der Waals surface area contributed by atoms with Gasteiger partial charge >= 0.3 is 0 Å². The normalized spacial score (nSPS) is 16.7. The summed E-state index contributed by atoms with van der Waals surface area (Å²) in [5.74, 6) is 1.15. The number of methoxy groups -OCH3 is 1. The molecule has 0 atom stereocenters. The molecule has 0 aliphatic carbocycles. The Kier molecular flexibility index (Phi) is 4.53. The van der Waals surface area contributed by atoms with Crippen LogP contribution in [0, 0.1) is 6.92 Å². The summed E-state index contributed by atoms with van der Waals surface area (Å²) in [4.78, 5) is 7.31. The second-order valence-corrected chi connectivity index (χ2v) is 5.69. The molecule has 3 rings (SSSR count). The molecule has 0 unspecified atom stereocenters. The molecule has 0 radical (unpaired) electrons. The Morgan fingerprint density at radius 3 is 2.86 bits per heavy atom. The third-order valence-corrected chi connectivity index (χ3v) is 4.08. The Labute approximate surface area is 125 Å². The number of fused-ring (bicyclic) bond motifs is 1. The fraction of sp³-hybridized carbons (Fsp3) is 0.562. The Morgan fingerprint density at radius 2 is 2.10 bits per heavy atom. The second-order valence-electron chi connectivity index (χ2n) is 5.69. The van der Waals surface area contributed by atoms with Gasteiger partial charge in [0.25, 0.3) is 0 Å². The number of aryl methyl sites for hydroxylation is 1. The van der Waals surface area contributed by atoms with Gasteiger partial charge in [-0.15, -0.1) is 0 Å². The SMILES string of the molecule is COCCn1c(CN2CCNCC2)nc2ccc(C)cc21. The number of benzene rings is 1. The van der Waals surface area contributed by atoms with Crippen molar-refractivity contribution in [1.82, 2.24) is 19.8 Å². The van der Waals surface area contributed by atoms with E-state index in [0.717, 1.165) is 50.6 Å². The van der Waals surface area contributed by atoms with Crippen molar-refractivity contribution >= 4 is 11.0 Å². The molecule has 1 aromatic carbocycles. The van der Waals surface area contributed by atoms with Crippen LogP contribution < -0.4 is 5.32 Å². The highest BCUT2D eigenvalue weighted by atomic mass is 16.5. The van der Waals surface area contributed by atoms with Gasteiger partial charge < -0.3 is 14.6 Å². The first-order valence-corrected chi connectivity index (χ1v) is 7.65. The molecule has 114 valence electrons. The molecule has 0 amide bonds. The zero-order valence-corrected chi connectivity index (χ0v) is 12.9. The number of aromatic nitrogens is 2. The van der Waals surface area contributed by atoms with Gasteiger partial charge in [-0.3, -0.25) is 4.90 Å². The molecule has 1 fully saturated rings. The average molecular weight is 288 g/mol. The lowest BCUT2D eigenvalue weighted by atomic mass is 10.2. The summed E-state index contributed by atoms with van der Waals surface area (Å²) in [6, 6.07) is 6.47. The topological polar surface area (TPSA) is 42.3 Å². The first-order chi connectivity index (χ1) is 10.3. The molecule has 2 heterocycles. The molecule has 0 saturated carbocycles. The van der Waals surface area contributed by atoms with Crippen molar-refractivity contribution in [3.63, 3.8) is 0 Å². The third kappa shape index (κ3) is 3.26. The maximum Gasteiger partial charge on any atom is 0.124 e. The number of imidazole rings is 1. The van der Waals surface area contributed by atoms with E-state index in [1.165, 1.54) is 11.1 Å². The Bertz CT molecular complexity index is 602. The molecule has 2 aromatic rings. The van der Waals surface area contributed by atoms with Crippen LogP contribution in [0.1, 0.15) is 11.4 Å². The fourth-order valence-electron chi connectivity index (χ4n) is 2.90. The molecule has 0 spiro atoms. The van der Waals surface area contributed by atoms with E-state index >= 15 is 0 Å². The summed E-state index contributed by atoms with van der Waals surface area (Å²) < 4.78 is 7.58. The largest absolute Gasteiger partial charge is 0.383 e. The highest BCUT2D eigenvalue weighted by Crippen LogP contribution is 2.19. The minimum atomic E-state index is 0.716. The smallest absolute Gasteiger partial charge is 0.124 e. The minimum Gasteiger partial charge on any atom is -0.383 e. The number of hydrogen-bond donors (Lipinski definition) is 1. The Hall–Kier alpha value is -1.43. The lowest BCUT2D eigenvalue weighted by Crippen LogP contribution is -2.43. The van der Waals surface area contributed by atoms with Crippen molar-refractivity contribution in [2.75, 3.05) is 39.9 Å². The minimum absolute atomic E-state index is 0.716. The van der Waals surface area contributed by atoms with E-state index in [1.54, 1.807) is 7.11 Å². The molecular formula is C16H24N4O. The molecule has 21 heavy (non-hydrogen) atoms. The van der Waals surface area contributed by atoms with Crippen LogP contribution in [0.4, 0.5) is 0 Å². The summed E-state index contributed by atoms with van der Waals surface area (Å²) in [5.41, 5.74) is 3.58. The van der Waals surface area contributed by atoms with E-state index in [0.29, 0.717) is 6.61 Å². The van der Waals surface area contributed by atoms with Gasteiger partial charge in [0.05, 0.1) is 24.2 Å². The van der Waals surface area contributed by atoms with Gasteiger partial charge in [0.2, 0.25) is 0 Å². The number of ether oxygens (including phenoxy) is 1. The third-order valence-electron chi connectivity index (χ3n) is 4.08. The molecule has 1 aromatic heterocycles. The molecule has 5 heteroatoms. The van der Waals surface area contributed by atoms with Crippen molar-refractivity contribution in [3.8, 4) is 0 Å². The molecule has 5 nitrogen and oxygen atoms in total. The van der Waals surface area contributed by atoms with Gasteiger partial charge in [0, 0.05) is 39.8 Å². The summed E-state index contributed by atoms with van der Waals surface area (Å²) in [5, 5.41) is 3.39. The summed E-state index contributed by atoms with van der Waals surface area (Å²) in [6.45, 7) is 8.93. The van der Waals surface area contributed by atoms with Gasteiger partial charge in [0.1, 0.15) is 5.82 Å². The van der Waals surface area contributed by atoms with E-state index in [1.807, 2.05) is 0 Å². The summed E-state index contributed by atoms with van der Waals surface area (Å²) >= 11 is 0. The molecule has 1 saturated heterocycles. The van der Waals surface area contributed by atoms with E-state index < -0.39 is 0 Å². The van der Waals surface area contributed by atoms with Crippen LogP contribution >= 0.6 is 0 Å². The van der Waals surface area contributed by atoms with E-state index in [-0.39, 0.29) is 0 Å². The number of nitrogens with zero attached hydrogens (tertiary/aromatic N) is 3. The number of nitrogens with one attached hydrogen (secondary N) is 1. The second kappa shape index (κ2) is 6.56. The van der Waals surface area contributed by atoms with Crippen molar-refractivity contribution in [2.24, 2.45) is 0 Å². The lowest BCUT2D eigenvalue weighted by molar-refractivity contribution is 0.183. The summed E-state index contributed by atoms with van der Waals surface area (Å²) in [7, 11) is 1.75. The van der Waals surface area contributed by atoms with Crippen LogP contribution in [0.5, 0.6) is 0 Å². The highest BCUT2D eigenvalue weighted by Gasteiger charge is 2.16. The molecule has 1 aliphatic rings. The van der Waals surface area contributed by atoms with Crippen molar-refractivity contribution in [2.45, 2.75) is 20.0 Å². The number of piperazine rings is 1. The quantitative estimate of drug-likeness (QED) is 0.903. The first-order valence-electron chi connectivity index (χ1n) is 7.65. The van der Waals surface area contributed by atoms with Crippen molar-refractivity contribution < 1.29 is 4.74 Å². The van der Waals surface area contributed by atoms with Crippen molar-refractivity contribution in [3.05, 3.63) is 29.6 Å². The maximum atomic E-state index is 5.27. The van der Waals surface area contributed by atoms with Gasteiger partial charge in [-0.2, -0.15) is 0 Å². The Balaban J connectivity index is 1.91. The zero-order valence-electron chi connectivity index (χ0n) is 12.9.